The molecule has 144 valence electrons. The van der Waals surface area contributed by atoms with Gasteiger partial charge in [-0.1, -0.05) is 23.8 Å². The SMILES string of the molecule is CCN(CCCNC(=S)Nc1cccc(C(=O)OC)c1)c1ccc(C)cc1. The van der Waals surface area contributed by atoms with E-state index >= 15 is 0 Å². The van der Waals surface area contributed by atoms with Gasteiger partial charge in [-0.3, -0.25) is 0 Å². The van der Waals surface area contributed by atoms with Gasteiger partial charge in [0.15, 0.2) is 5.11 Å². The van der Waals surface area contributed by atoms with Crippen molar-refractivity contribution in [1.29, 1.82) is 0 Å². The first-order chi connectivity index (χ1) is 13.0. The Balaban J connectivity index is 1.77. The van der Waals surface area contributed by atoms with E-state index in [0.29, 0.717) is 10.7 Å². The Morgan fingerprint density at radius 2 is 1.93 bits per heavy atom. The average Bonchev–Trinajstić information content (AvgIpc) is 2.68. The summed E-state index contributed by atoms with van der Waals surface area (Å²) in [5.41, 5.74) is 3.75. The molecule has 0 bridgehead atoms. The van der Waals surface area contributed by atoms with Crippen LogP contribution in [0.15, 0.2) is 48.5 Å². The Morgan fingerprint density at radius 1 is 1.19 bits per heavy atom. The summed E-state index contributed by atoms with van der Waals surface area (Å²) < 4.78 is 4.73. The minimum Gasteiger partial charge on any atom is -0.465 e. The lowest BCUT2D eigenvalue weighted by atomic mass is 10.2. The molecule has 0 fully saturated rings. The van der Waals surface area contributed by atoms with E-state index in [1.807, 2.05) is 6.07 Å². The molecule has 27 heavy (non-hydrogen) atoms. The first-order valence-corrected chi connectivity index (χ1v) is 9.49. The van der Waals surface area contributed by atoms with Crippen LogP contribution in [0.25, 0.3) is 0 Å². The number of thiocarbonyl (C=S) groups is 1. The number of anilines is 2. The summed E-state index contributed by atoms with van der Waals surface area (Å²) in [5, 5.41) is 6.85. The molecule has 0 amide bonds. The van der Waals surface area contributed by atoms with Crippen molar-refractivity contribution in [2.45, 2.75) is 20.3 Å². The maximum absolute atomic E-state index is 11.6. The molecule has 0 saturated carbocycles. The van der Waals surface area contributed by atoms with Crippen LogP contribution in [0.5, 0.6) is 0 Å². The molecule has 6 heteroatoms. The maximum Gasteiger partial charge on any atom is 0.337 e. The van der Waals surface area contributed by atoms with Crippen molar-refractivity contribution in [1.82, 2.24) is 5.32 Å². The molecule has 0 aromatic heterocycles. The molecular formula is C21H27N3O2S. The van der Waals surface area contributed by atoms with Crippen LogP contribution in [0.4, 0.5) is 11.4 Å². The summed E-state index contributed by atoms with van der Waals surface area (Å²) in [4.78, 5) is 13.9. The van der Waals surface area contributed by atoms with E-state index in [4.69, 9.17) is 17.0 Å². The molecule has 2 N–H and O–H groups in total. The minimum absolute atomic E-state index is 0.367. The van der Waals surface area contributed by atoms with E-state index in [9.17, 15) is 4.79 Å². The number of rotatable bonds is 8. The molecule has 0 aliphatic carbocycles. The number of nitrogens with zero attached hydrogens (tertiary/aromatic N) is 1. The van der Waals surface area contributed by atoms with Gasteiger partial charge in [0.25, 0.3) is 0 Å². The highest BCUT2D eigenvalue weighted by Crippen LogP contribution is 2.15. The fraction of sp³-hybridized carbons (Fsp3) is 0.333. The van der Waals surface area contributed by atoms with Gasteiger partial charge in [0, 0.05) is 31.0 Å². The molecule has 0 saturated heterocycles. The summed E-state index contributed by atoms with van der Waals surface area (Å²) in [6.07, 6.45) is 0.964. The fourth-order valence-electron chi connectivity index (χ4n) is 2.71. The van der Waals surface area contributed by atoms with Crippen LogP contribution in [0.1, 0.15) is 29.3 Å². The molecule has 0 aliphatic heterocycles. The second kappa shape index (κ2) is 10.5. The van der Waals surface area contributed by atoms with Crippen molar-refractivity contribution >= 4 is 34.7 Å². The number of esters is 1. The second-order valence-electron chi connectivity index (χ2n) is 6.22. The van der Waals surface area contributed by atoms with Gasteiger partial charge < -0.3 is 20.3 Å². The normalized spacial score (nSPS) is 10.2. The van der Waals surface area contributed by atoms with Crippen LogP contribution >= 0.6 is 12.2 Å². The number of aryl methyl sites for hydroxylation is 1. The predicted octanol–water partition coefficient (Wildman–Crippen LogP) is 3.98. The first kappa shape index (κ1) is 20.7. The van der Waals surface area contributed by atoms with Crippen molar-refractivity contribution in [3.8, 4) is 0 Å². The summed E-state index contributed by atoms with van der Waals surface area (Å²) in [6.45, 7) is 6.94. The monoisotopic (exact) mass is 385 g/mol. The largest absolute Gasteiger partial charge is 0.465 e. The quantitative estimate of drug-likeness (QED) is 0.407. The van der Waals surface area contributed by atoms with Crippen LogP contribution in [-0.4, -0.2) is 37.8 Å². The van der Waals surface area contributed by atoms with Gasteiger partial charge in [-0.25, -0.2) is 4.79 Å². The highest BCUT2D eigenvalue weighted by Gasteiger charge is 2.07. The lowest BCUT2D eigenvalue weighted by Crippen LogP contribution is -2.32. The molecule has 0 atom stereocenters. The zero-order valence-corrected chi connectivity index (χ0v) is 16.9. The highest BCUT2D eigenvalue weighted by atomic mass is 32.1. The number of hydrogen-bond donors (Lipinski definition) is 2. The van der Waals surface area contributed by atoms with Crippen LogP contribution in [0.2, 0.25) is 0 Å². The van der Waals surface area contributed by atoms with Gasteiger partial charge in [0.2, 0.25) is 0 Å². The molecule has 2 rings (SSSR count). The third-order valence-corrected chi connectivity index (χ3v) is 4.46. The van der Waals surface area contributed by atoms with Gasteiger partial charge in [-0.05, 0) is 62.8 Å². The van der Waals surface area contributed by atoms with Gasteiger partial charge >= 0.3 is 5.97 Å². The molecular weight excluding hydrogens is 358 g/mol. The molecule has 0 unspecified atom stereocenters. The summed E-state index contributed by atoms with van der Waals surface area (Å²) >= 11 is 5.34. The fourth-order valence-corrected chi connectivity index (χ4v) is 2.93. The zero-order chi connectivity index (χ0) is 19.6. The van der Waals surface area contributed by atoms with Gasteiger partial charge in [-0.15, -0.1) is 0 Å². The number of nitrogens with one attached hydrogen (secondary N) is 2. The summed E-state index contributed by atoms with van der Waals surface area (Å²) in [5.74, 6) is -0.367. The van der Waals surface area contributed by atoms with Crippen LogP contribution in [0, 0.1) is 6.92 Å². The third-order valence-electron chi connectivity index (χ3n) is 4.21. The third kappa shape index (κ3) is 6.57. The Hall–Kier alpha value is -2.60. The van der Waals surface area contributed by atoms with E-state index < -0.39 is 0 Å². The van der Waals surface area contributed by atoms with Gasteiger partial charge in [-0.2, -0.15) is 0 Å². The number of carbonyl (C=O) groups excluding carboxylic acids is 1. The van der Waals surface area contributed by atoms with Crippen molar-refractivity contribution in [2.24, 2.45) is 0 Å². The molecule has 5 nitrogen and oxygen atoms in total. The van der Waals surface area contributed by atoms with Gasteiger partial charge in [0.1, 0.15) is 0 Å². The molecule has 0 heterocycles. The highest BCUT2D eigenvalue weighted by molar-refractivity contribution is 7.80. The number of benzene rings is 2. The standard InChI is InChI=1S/C21H27N3O2S/c1-4-24(19-11-9-16(2)10-12-19)14-6-13-22-21(27)23-18-8-5-7-17(15-18)20(25)26-3/h5,7-12,15H,4,6,13-14H2,1-3H3,(H2,22,23,27). The summed E-state index contributed by atoms with van der Waals surface area (Å²) in [6, 6.07) is 15.7. The number of carbonyl (C=O) groups is 1. The first-order valence-electron chi connectivity index (χ1n) is 9.08. The van der Waals surface area contributed by atoms with Crippen molar-refractivity contribution in [3.05, 3.63) is 59.7 Å². The van der Waals surface area contributed by atoms with E-state index in [2.05, 4.69) is 53.6 Å². The van der Waals surface area contributed by atoms with Crippen molar-refractivity contribution in [2.75, 3.05) is 37.0 Å². The Labute approximate surface area is 166 Å². The second-order valence-corrected chi connectivity index (χ2v) is 6.63. The molecule has 2 aromatic carbocycles. The van der Waals surface area contributed by atoms with Crippen LogP contribution in [0.3, 0.4) is 0 Å². The number of methoxy groups -OCH3 is 1. The van der Waals surface area contributed by atoms with Gasteiger partial charge in [0.05, 0.1) is 12.7 Å². The predicted molar refractivity (Wildman–Crippen MR) is 116 cm³/mol. The summed E-state index contributed by atoms with van der Waals surface area (Å²) in [7, 11) is 1.37. The Kier molecular flexibility index (Phi) is 8.07. The van der Waals surface area contributed by atoms with Crippen molar-refractivity contribution < 1.29 is 9.53 Å². The van der Waals surface area contributed by atoms with E-state index in [1.54, 1.807) is 18.2 Å². The van der Waals surface area contributed by atoms with Crippen molar-refractivity contribution in [3.63, 3.8) is 0 Å². The molecule has 0 radical (unpaired) electrons. The minimum atomic E-state index is -0.367. The van der Waals surface area contributed by atoms with Crippen LogP contribution < -0.4 is 15.5 Å². The smallest absolute Gasteiger partial charge is 0.337 e. The van der Waals surface area contributed by atoms with E-state index in [-0.39, 0.29) is 5.97 Å². The number of hydrogen-bond acceptors (Lipinski definition) is 4. The molecule has 0 spiro atoms. The number of ether oxygens (including phenoxy) is 1. The Bertz CT molecular complexity index is 762. The van der Waals surface area contributed by atoms with E-state index in [1.165, 1.54) is 18.4 Å². The Morgan fingerprint density at radius 3 is 2.59 bits per heavy atom. The molecule has 0 aliphatic rings. The molecule has 2 aromatic rings. The van der Waals surface area contributed by atoms with E-state index in [0.717, 1.165) is 31.7 Å². The lowest BCUT2D eigenvalue weighted by Gasteiger charge is -2.23. The average molecular weight is 386 g/mol. The maximum atomic E-state index is 11.6. The lowest BCUT2D eigenvalue weighted by molar-refractivity contribution is 0.0601. The van der Waals surface area contributed by atoms with Crippen LogP contribution in [-0.2, 0) is 4.74 Å². The topological polar surface area (TPSA) is 53.6 Å². The zero-order valence-electron chi connectivity index (χ0n) is 16.1.